The molecule has 0 radical (unpaired) electrons. The number of aryl methyl sites for hydroxylation is 1. The van der Waals surface area contributed by atoms with Crippen LogP contribution in [-0.4, -0.2) is 18.1 Å². The summed E-state index contributed by atoms with van der Waals surface area (Å²) in [5.74, 6) is 3.65. The van der Waals surface area contributed by atoms with Crippen molar-refractivity contribution in [1.29, 1.82) is 0 Å². The smallest absolute Gasteiger partial charge is 0.220 e. The van der Waals surface area contributed by atoms with Gasteiger partial charge in [-0.25, -0.2) is 0 Å². The number of rotatable bonds is 6. The molecule has 1 N–H and O–H groups in total. The highest BCUT2D eigenvalue weighted by atomic mass is 35.5. The van der Waals surface area contributed by atoms with Crippen LogP contribution in [-0.2, 0) is 4.79 Å². The van der Waals surface area contributed by atoms with Crippen LogP contribution in [0.5, 0.6) is 5.75 Å². The third-order valence-electron chi connectivity index (χ3n) is 6.39. The van der Waals surface area contributed by atoms with Gasteiger partial charge in [0.05, 0.1) is 6.61 Å². The summed E-state index contributed by atoms with van der Waals surface area (Å²) in [5.41, 5.74) is 1.16. The molecule has 4 bridgehead atoms. The maximum Gasteiger partial charge on any atom is 0.220 e. The molecule has 0 aromatic heterocycles. The van der Waals surface area contributed by atoms with E-state index in [0.717, 1.165) is 40.5 Å². The number of halogens is 1. The lowest BCUT2D eigenvalue weighted by Crippen LogP contribution is -2.59. The van der Waals surface area contributed by atoms with Gasteiger partial charge in [0.1, 0.15) is 5.75 Å². The summed E-state index contributed by atoms with van der Waals surface area (Å²) in [6.07, 6.45) is 9.16. The summed E-state index contributed by atoms with van der Waals surface area (Å²) >= 11 is 5.96. The van der Waals surface area contributed by atoms with Gasteiger partial charge in [-0.2, -0.15) is 0 Å². The number of hydrogen-bond donors (Lipinski definition) is 1. The van der Waals surface area contributed by atoms with E-state index in [4.69, 9.17) is 16.3 Å². The van der Waals surface area contributed by atoms with Gasteiger partial charge in [0.2, 0.25) is 5.91 Å². The Labute approximate surface area is 155 Å². The zero-order chi connectivity index (χ0) is 17.4. The van der Waals surface area contributed by atoms with Crippen LogP contribution in [0.3, 0.4) is 0 Å². The van der Waals surface area contributed by atoms with Crippen LogP contribution in [0.2, 0.25) is 5.02 Å². The van der Waals surface area contributed by atoms with Crippen LogP contribution in [0.15, 0.2) is 18.2 Å². The van der Waals surface area contributed by atoms with Gasteiger partial charge < -0.3 is 10.1 Å². The van der Waals surface area contributed by atoms with Crippen molar-refractivity contribution in [3.8, 4) is 5.75 Å². The summed E-state index contributed by atoms with van der Waals surface area (Å²) in [7, 11) is 0. The molecule has 3 nitrogen and oxygen atoms in total. The van der Waals surface area contributed by atoms with E-state index in [-0.39, 0.29) is 11.4 Å². The normalized spacial score (nSPS) is 32.6. The number of ether oxygens (including phenoxy) is 1. The van der Waals surface area contributed by atoms with Gasteiger partial charge in [0, 0.05) is 17.0 Å². The van der Waals surface area contributed by atoms with E-state index in [1.54, 1.807) is 0 Å². The predicted octanol–water partition coefficient (Wildman–Crippen LogP) is 4.89. The molecule has 0 spiro atoms. The molecule has 0 aliphatic heterocycles. The average Bonchev–Trinajstić information content (AvgIpc) is 2.51. The summed E-state index contributed by atoms with van der Waals surface area (Å²) in [4.78, 5) is 12.5. The molecule has 0 saturated heterocycles. The van der Waals surface area contributed by atoms with Crippen molar-refractivity contribution in [3.63, 3.8) is 0 Å². The van der Waals surface area contributed by atoms with E-state index in [1.165, 1.54) is 38.5 Å². The minimum atomic E-state index is 0.124. The van der Waals surface area contributed by atoms with Crippen molar-refractivity contribution >= 4 is 17.5 Å². The first-order chi connectivity index (χ1) is 12.0. The first kappa shape index (κ1) is 17.2. The zero-order valence-electron chi connectivity index (χ0n) is 15.0. The highest BCUT2D eigenvalue weighted by Gasteiger charge is 2.51. The molecule has 5 rings (SSSR count). The number of nitrogens with one attached hydrogen (secondary N) is 1. The van der Waals surface area contributed by atoms with Gasteiger partial charge in [0.15, 0.2) is 0 Å². The van der Waals surface area contributed by atoms with Gasteiger partial charge in [-0.05, 0) is 93.4 Å². The second-order valence-electron chi connectivity index (χ2n) is 8.61. The highest BCUT2D eigenvalue weighted by molar-refractivity contribution is 6.30. The average molecular weight is 362 g/mol. The lowest BCUT2D eigenvalue weighted by atomic mass is 9.53. The fraction of sp³-hybridized carbons (Fsp3) is 0.667. The second kappa shape index (κ2) is 6.83. The number of carbonyl (C=O) groups excluding carboxylic acids is 1. The molecule has 1 aromatic carbocycles. The SMILES string of the molecule is Cc1cc(Cl)ccc1OCCCC(=O)NC12CC3CC(CC(C3)C1)C2. The summed E-state index contributed by atoms with van der Waals surface area (Å²) in [6, 6.07) is 5.63. The first-order valence-corrected chi connectivity index (χ1v) is 10.1. The molecule has 0 atom stereocenters. The van der Waals surface area contributed by atoms with E-state index < -0.39 is 0 Å². The van der Waals surface area contributed by atoms with Crippen LogP contribution in [0.25, 0.3) is 0 Å². The van der Waals surface area contributed by atoms with Crippen molar-refractivity contribution in [2.75, 3.05) is 6.61 Å². The molecular formula is C21H28ClNO2. The molecule has 4 aliphatic carbocycles. The third-order valence-corrected chi connectivity index (χ3v) is 6.62. The monoisotopic (exact) mass is 361 g/mol. The topological polar surface area (TPSA) is 38.3 Å². The zero-order valence-corrected chi connectivity index (χ0v) is 15.8. The number of carbonyl (C=O) groups is 1. The number of amides is 1. The minimum Gasteiger partial charge on any atom is -0.493 e. The molecule has 4 fully saturated rings. The van der Waals surface area contributed by atoms with Crippen molar-refractivity contribution in [2.24, 2.45) is 17.8 Å². The van der Waals surface area contributed by atoms with E-state index in [9.17, 15) is 4.79 Å². The summed E-state index contributed by atoms with van der Waals surface area (Å²) in [5, 5.41) is 4.15. The Morgan fingerprint density at radius 2 is 1.84 bits per heavy atom. The molecule has 0 heterocycles. The Hall–Kier alpha value is -1.22. The van der Waals surface area contributed by atoms with Crippen LogP contribution < -0.4 is 10.1 Å². The van der Waals surface area contributed by atoms with Gasteiger partial charge >= 0.3 is 0 Å². The van der Waals surface area contributed by atoms with E-state index in [1.807, 2.05) is 25.1 Å². The molecule has 0 unspecified atom stereocenters. The minimum absolute atomic E-state index is 0.124. The molecule has 4 saturated carbocycles. The van der Waals surface area contributed by atoms with Crippen molar-refractivity contribution in [3.05, 3.63) is 28.8 Å². The first-order valence-electron chi connectivity index (χ1n) is 9.71. The summed E-state index contributed by atoms with van der Waals surface area (Å²) < 4.78 is 5.80. The van der Waals surface area contributed by atoms with Gasteiger partial charge in [-0.15, -0.1) is 0 Å². The second-order valence-corrected chi connectivity index (χ2v) is 9.04. The van der Waals surface area contributed by atoms with E-state index >= 15 is 0 Å². The largest absolute Gasteiger partial charge is 0.493 e. The lowest BCUT2D eigenvalue weighted by molar-refractivity contribution is -0.127. The molecule has 1 amide bonds. The Balaban J connectivity index is 1.23. The van der Waals surface area contributed by atoms with Gasteiger partial charge in [-0.1, -0.05) is 11.6 Å². The highest BCUT2D eigenvalue weighted by Crippen LogP contribution is 2.55. The standard InChI is InChI=1S/C21H28ClNO2/c1-14-7-18(22)4-5-19(14)25-6-2-3-20(24)23-21-11-15-8-16(12-21)10-17(9-15)13-21/h4-5,7,15-17H,2-3,6,8-13H2,1H3,(H,23,24). The Morgan fingerprint density at radius 1 is 1.20 bits per heavy atom. The van der Waals surface area contributed by atoms with Crippen LogP contribution in [0, 0.1) is 24.7 Å². The molecule has 136 valence electrons. The number of hydrogen-bond acceptors (Lipinski definition) is 2. The lowest BCUT2D eigenvalue weighted by Gasteiger charge is -2.56. The van der Waals surface area contributed by atoms with E-state index in [0.29, 0.717) is 13.0 Å². The molecule has 4 heteroatoms. The Kier molecular flexibility index (Phi) is 4.70. The van der Waals surface area contributed by atoms with Gasteiger partial charge in [-0.3, -0.25) is 4.79 Å². The molecular weight excluding hydrogens is 334 g/mol. The maximum atomic E-state index is 12.5. The molecule has 4 aliphatic rings. The third kappa shape index (κ3) is 3.81. The quantitative estimate of drug-likeness (QED) is 0.732. The predicted molar refractivity (Wildman–Crippen MR) is 100.0 cm³/mol. The Morgan fingerprint density at radius 3 is 2.44 bits per heavy atom. The Bertz CT molecular complexity index is 622. The van der Waals surface area contributed by atoms with Crippen LogP contribution >= 0.6 is 11.6 Å². The van der Waals surface area contributed by atoms with E-state index in [2.05, 4.69) is 5.32 Å². The van der Waals surface area contributed by atoms with Crippen molar-refractivity contribution in [1.82, 2.24) is 5.32 Å². The van der Waals surface area contributed by atoms with Crippen LogP contribution in [0.1, 0.15) is 56.9 Å². The van der Waals surface area contributed by atoms with Crippen molar-refractivity contribution in [2.45, 2.75) is 63.8 Å². The fourth-order valence-corrected chi connectivity index (χ4v) is 6.04. The van der Waals surface area contributed by atoms with Gasteiger partial charge in [0.25, 0.3) is 0 Å². The maximum absolute atomic E-state index is 12.5. The molecule has 1 aromatic rings. The molecule has 25 heavy (non-hydrogen) atoms. The number of benzene rings is 1. The van der Waals surface area contributed by atoms with Crippen molar-refractivity contribution < 1.29 is 9.53 Å². The fourth-order valence-electron chi connectivity index (χ4n) is 5.81. The summed E-state index contributed by atoms with van der Waals surface area (Å²) in [6.45, 7) is 2.55. The van der Waals surface area contributed by atoms with Crippen LogP contribution in [0.4, 0.5) is 0 Å².